The van der Waals surface area contributed by atoms with E-state index in [0.717, 1.165) is 11.3 Å². The quantitative estimate of drug-likeness (QED) is 0.692. The summed E-state index contributed by atoms with van der Waals surface area (Å²) in [6, 6.07) is 7.72. The number of rotatable bonds is 6. The Bertz CT molecular complexity index is 318. The smallest absolute Gasteiger partial charge is 0.118 e. The Kier molecular flexibility index (Phi) is 5.02. The molecule has 0 N–H and O–H groups in total. The van der Waals surface area contributed by atoms with Crippen molar-refractivity contribution in [1.82, 2.24) is 0 Å². The third kappa shape index (κ3) is 2.84. The summed E-state index contributed by atoms with van der Waals surface area (Å²) in [5, 5.41) is 0. The first-order valence-electron chi connectivity index (χ1n) is 5.09. The first-order chi connectivity index (χ1) is 7.76. The molecule has 1 aromatic carbocycles. The Hall–Kier alpha value is -1.32. The number of hydrogen-bond acceptors (Lipinski definition) is 3. The lowest BCUT2D eigenvalue weighted by atomic mass is 10.0. The standard InChI is InChI=1S/C13H18O3/c1-5-12(15-3)13(16-4)10-6-8-11(14-2)9-7-10/h5-9,12-13H,1H2,2-4H3/t12-,13+/m0/s1. The Labute approximate surface area is 96.6 Å². The minimum absolute atomic E-state index is 0.145. The molecule has 0 radical (unpaired) electrons. The average Bonchev–Trinajstić information content (AvgIpc) is 2.36. The van der Waals surface area contributed by atoms with Gasteiger partial charge >= 0.3 is 0 Å². The Morgan fingerprint density at radius 2 is 1.69 bits per heavy atom. The zero-order valence-electron chi connectivity index (χ0n) is 9.97. The van der Waals surface area contributed by atoms with E-state index in [1.807, 2.05) is 24.3 Å². The van der Waals surface area contributed by atoms with Gasteiger partial charge in [0.25, 0.3) is 0 Å². The van der Waals surface area contributed by atoms with Crippen LogP contribution in [0.5, 0.6) is 5.75 Å². The fourth-order valence-electron chi connectivity index (χ4n) is 1.60. The van der Waals surface area contributed by atoms with Crippen LogP contribution in [-0.2, 0) is 9.47 Å². The van der Waals surface area contributed by atoms with Gasteiger partial charge in [-0.05, 0) is 17.7 Å². The fraction of sp³-hybridized carbons (Fsp3) is 0.385. The Morgan fingerprint density at radius 1 is 1.06 bits per heavy atom. The monoisotopic (exact) mass is 222 g/mol. The van der Waals surface area contributed by atoms with Crippen LogP contribution in [0.4, 0.5) is 0 Å². The second kappa shape index (κ2) is 6.30. The second-order valence-electron chi connectivity index (χ2n) is 3.37. The fourth-order valence-corrected chi connectivity index (χ4v) is 1.60. The van der Waals surface area contributed by atoms with Crippen LogP contribution in [0.2, 0.25) is 0 Å². The van der Waals surface area contributed by atoms with Crippen molar-refractivity contribution in [3.05, 3.63) is 42.5 Å². The van der Waals surface area contributed by atoms with Crippen molar-refractivity contribution in [3.63, 3.8) is 0 Å². The zero-order valence-corrected chi connectivity index (χ0v) is 9.97. The van der Waals surface area contributed by atoms with Gasteiger partial charge in [0.1, 0.15) is 18.0 Å². The summed E-state index contributed by atoms with van der Waals surface area (Å²) in [6.45, 7) is 3.73. The maximum absolute atomic E-state index is 5.42. The topological polar surface area (TPSA) is 27.7 Å². The largest absolute Gasteiger partial charge is 0.497 e. The number of methoxy groups -OCH3 is 3. The molecule has 0 heterocycles. The summed E-state index contributed by atoms with van der Waals surface area (Å²) in [6.07, 6.45) is 1.44. The Morgan fingerprint density at radius 3 is 2.06 bits per heavy atom. The Balaban J connectivity index is 2.89. The van der Waals surface area contributed by atoms with Gasteiger partial charge in [-0.2, -0.15) is 0 Å². The predicted molar refractivity (Wildman–Crippen MR) is 63.7 cm³/mol. The van der Waals surface area contributed by atoms with Gasteiger partial charge in [0, 0.05) is 14.2 Å². The number of ether oxygens (including phenoxy) is 3. The van der Waals surface area contributed by atoms with Crippen molar-refractivity contribution in [3.8, 4) is 5.75 Å². The molecule has 0 amide bonds. The van der Waals surface area contributed by atoms with E-state index in [1.54, 1.807) is 27.4 Å². The third-order valence-corrected chi connectivity index (χ3v) is 2.50. The molecule has 1 aromatic rings. The van der Waals surface area contributed by atoms with Crippen LogP contribution >= 0.6 is 0 Å². The molecule has 0 aliphatic rings. The maximum Gasteiger partial charge on any atom is 0.118 e. The molecule has 0 saturated carbocycles. The molecule has 0 unspecified atom stereocenters. The molecule has 16 heavy (non-hydrogen) atoms. The minimum Gasteiger partial charge on any atom is -0.497 e. The third-order valence-electron chi connectivity index (χ3n) is 2.50. The summed E-state index contributed by atoms with van der Waals surface area (Å²) in [7, 11) is 4.94. The molecular formula is C13H18O3. The SMILES string of the molecule is C=C[C@H](OC)[C@H](OC)c1ccc(OC)cc1. The molecule has 3 heteroatoms. The van der Waals surface area contributed by atoms with Crippen molar-refractivity contribution in [2.75, 3.05) is 21.3 Å². The number of benzene rings is 1. The maximum atomic E-state index is 5.42. The van der Waals surface area contributed by atoms with Crippen LogP contribution in [-0.4, -0.2) is 27.4 Å². The summed E-state index contributed by atoms with van der Waals surface area (Å²) in [5.74, 6) is 0.825. The molecule has 0 bridgehead atoms. The second-order valence-corrected chi connectivity index (χ2v) is 3.37. The van der Waals surface area contributed by atoms with Gasteiger partial charge in [-0.3, -0.25) is 0 Å². The van der Waals surface area contributed by atoms with Crippen LogP contribution in [0.15, 0.2) is 36.9 Å². The number of hydrogen-bond donors (Lipinski definition) is 0. The lowest BCUT2D eigenvalue weighted by molar-refractivity contribution is -0.0127. The highest BCUT2D eigenvalue weighted by Crippen LogP contribution is 2.25. The summed E-state index contributed by atoms with van der Waals surface area (Å²) >= 11 is 0. The van der Waals surface area contributed by atoms with E-state index in [0.29, 0.717) is 0 Å². The average molecular weight is 222 g/mol. The molecule has 0 aliphatic carbocycles. The van der Waals surface area contributed by atoms with Crippen molar-refractivity contribution >= 4 is 0 Å². The van der Waals surface area contributed by atoms with Crippen LogP contribution in [0, 0.1) is 0 Å². The van der Waals surface area contributed by atoms with Gasteiger partial charge in [-0.15, -0.1) is 6.58 Å². The van der Waals surface area contributed by atoms with Gasteiger partial charge in [0.2, 0.25) is 0 Å². The first kappa shape index (κ1) is 12.7. The lowest BCUT2D eigenvalue weighted by Crippen LogP contribution is -2.20. The molecular weight excluding hydrogens is 204 g/mol. The predicted octanol–water partition coefficient (Wildman–Crippen LogP) is 2.58. The minimum atomic E-state index is -0.154. The summed E-state index contributed by atoms with van der Waals surface area (Å²) in [4.78, 5) is 0. The summed E-state index contributed by atoms with van der Waals surface area (Å²) < 4.78 is 15.8. The van der Waals surface area contributed by atoms with Gasteiger partial charge < -0.3 is 14.2 Å². The molecule has 0 saturated heterocycles. The highest BCUT2D eigenvalue weighted by atomic mass is 16.5. The lowest BCUT2D eigenvalue weighted by Gasteiger charge is -2.22. The zero-order chi connectivity index (χ0) is 12.0. The van der Waals surface area contributed by atoms with Gasteiger partial charge in [-0.25, -0.2) is 0 Å². The van der Waals surface area contributed by atoms with Gasteiger partial charge in [0.05, 0.1) is 7.11 Å². The molecule has 1 rings (SSSR count). The van der Waals surface area contributed by atoms with E-state index in [4.69, 9.17) is 14.2 Å². The van der Waals surface area contributed by atoms with Crippen molar-refractivity contribution in [2.45, 2.75) is 12.2 Å². The summed E-state index contributed by atoms with van der Waals surface area (Å²) in [5.41, 5.74) is 1.04. The van der Waals surface area contributed by atoms with Crippen LogP contribution < -0.4 is 4.74 Å². The molecule has 0 spiro atoms. The van der Waals surface area contributed by atoms with Crippen LogP contribution in [0.1, 0.15) is 11.7 Å². The molecule has 0 aliphatic heterocycles. The van der Waals surface area contributed by atoms with Crippen molar-refractivity contribution in [2.24, 2.45) is 0 Å². The van der Waals surface area contributed by atoms with Crippen LogP contribution in [0.3, 0.4) is 0 Å². The van der Waals surface area contributed by atoms with E-state index in [1.165, 1.54) is 0 Å². The van der Waals surface area contributed by atoms with E-state index in [2.05, 4.69) is 6.58 Å². The van der Waals surface area contributed by atoms with Crippen molar-refractivity contribution < 1.29 is 14.2 Å². The van der Waals surface area contributed by atoms with E-state index in [9.17, 15) is 0 Å². The first-order valence-corrected chi connectivity index (χ1v) is 5.09. The molecule has 0 aromatic heterocycles. The molecule has 88 valence electrons. The molecule has 0 fully saturated rings. The molecule has 2 atom stereocenters. The van der Waals surface area contributed by atoms with Crippen molar-refractivity contribution in [1.29, 1.82) is 0 Å². The van der Waals surface area contributed by atoms with Crippen LogP contribution in [0.25, 0.3) is 0 Å². The van der Waals surface area contributed by atoms with Gasteiger partial charge in [-0.1, -0.05) is 18.2 Å². The normalized spacial score (nSPS) is 14.2. The van der Waals surface area contributed by atoms with E-state index < -0.39 is 0 Å². The molecule has 3 nitrogen and oxygen atoms in total. The van der Waals surface area contributed by atoms with Gasteiger partial charge in [0.15, 0.2) is 0 Å². The highest BCUT2D eigenvalue weighted by molar-refractivity contribution is 5.29. The highest BCUT2D eigenvalue weighted by Gasteiger charge is 2.19. The van der Waals surface area contributed by atoms with E-state index >= 15 is 0 Å². The van der Waals surface area contributed by atoms with E-state index in [-0.39, 0.29) is 12.2 Å².